The number of hydrogen-bond acceptors (Lipinski definition) is 2. The summed E-state index contributed by atoms with van der Waals surface area (Å²) < 4.78 is 5.85. The predicted octanol–water partition coefficient (Wildman–Crippen LogP) is 6.74. The van der Waals surface area contributed by atoms with Gasteiger partial charge < -0.3 is 9.73 Å². The van der Waals surface area contributed by atoms with Crippen LogP contribution in [0.2, 0.25) is 10.0 Å². The second-order valence-electron chi connectivity index (χ2n) is 5.48. The van der Waals surface area contributed by atoms with Gasteiger partial charge in [0.1, 0.15) is 11.5 Å². The van der Waals surface area contributed by atoms with Gasteiger partial charge in [0.25, 0.3) is 0 Å². The fourth-order valence-corrected chi connectivity index (χ4v) is 2.75. The summed E-state index contributed by atoms with van der Waals surface area (Å²) in [7, 11) is 0. The zero-order valence-corrected chi connectivity index (χ0v) is 15.7. The SMILES string of the molecule is CCCCCCCNCc1ccc(-c2cc(Cl)ccc2Cl)o1.Cl. The van der Waals surface area contributed by atoms with Crippen molar-refractivity contribution >= 4 is 35.6 Å². The van der Waals surface area contributed by atoms with Crippen molar-refractivity contribution in [2.24, 2.45) is 0 Å². The van der Waals surface area contributed by atoms with Gasteiger partial charge in [0.15, 0.2) is 0 Å². The van der Waals surface area contributed by atoms with Crippen LogP contribution < -0.4 is 5.32 Å². The minimum absolute atomic E-state index is 0. The molecular weight excluding hydrogens is 353 g/mol. The highest BCUT2D eigenvalue weighted by atomic mass is 35.5. The number of unbranched alkanes of at least 4 members (excludes halogenated alkanes) is 4. The zero-order valence-electron chi connectivity index (χ0n) is 13.4. The molecule has 0 spiro atoms. The highest BCUT2D eigenvalue weighted by Gasteiger charge is 2.09. The van der Waals surface area contributed by atoms with Crippen molar-refractivity contribution in [1.82, 2.24) is 5.32 Å². The van der Waals surface area contributed by atoms with Crippen molar-refractivity contribution < 1.29 is 4.42 Å². The van der Waals surface area contributed by atoms with E-state index in [-0.39, 0.29) is 12.4 Å². The summed E-state index contributed by atoms with van der Waals surface area (Å²) in [5, 5.41) is 4.72. The minimum atomic E-state index is 0. The van der Waals surface area contributed by atoms with Crippen LogP contribution in [0.4, 0.5) is 0 Å². The lowest BCUT2D eigenvalue weighted by molar-refractivity contribution is 0.486. The van der Waals surface area contributed by atoms with E-state index in [1.54, 1.807) is 12.1 Å². The fraction of sp³-hybridized carbons (Fsp3) is 0.444. The molecule has 0 saturated heterocycles. The molecule has 0 aliphatic heterocycles. The third kappa shape index (κ3) is 6.76. The fourth-order valence-electron chi connectivity index (χ4n) is 2.37. The molecule has 1 N–H and O–H groups in total. The van der Waals surface area contributed by atoms with E-state index in [0.717, 1.165) is 30.2 Å². The summed E-state index contributed by atoms with van der Waals surface area (Å²) in [5.74, 6) is 1.67. The summed E-state index contributed by atoms with van der Waals surface area (Å²) >= 11 is 12.2. The van der Waals surface area contributed by atoms with E-state index < -0.39 is 0 Å². The molecule has 2 nitrogen and oxygen atoms in total. The van der Waals surface area contributed by atoms with Crippen LogP contribution in [0.5, 0.6) is 0 Å². The van der Waals surface area contributed by atoms with Crippen LogP contribution in [0.25, 0.3) is 11.3 Å². The Morgan fingerprint density at radius 2 is 1.78 bits per heavy atom. The Labute approximate surface area is 155 Å². The summed E-state index contributed by atoms with van der Waals surface area (Å²) in [6.45, 7) is 4.00. The van der Waals surface area contributed by atoms with E-state index in [2.05, 4.69) is 12.2 Å². The number of halogens is 3. The average Bonchev–Trinajstić information content (AvgIpc) is 2.97. The quantitative estimate of drug-likeness (QED) is 0.490. The summed E-state index contributed by atoms with van der Waals surface area (Å²) in [5.41, 5.74) is 0.833. The number of rotatable bonds is 9. The largest absolute Gasteiger partial charge is 0.460 e. The lowest BCUT2D eigenvalue weighted by atomic mass is 10.1. The standard InChI is InChI=1S/C18H23Cl2NO.ClH/c1-2-3-4-5-6-11-21-13-15-8-10-18(22-15)16-12-14(19)7-9-17(16)20;/h7-10,12,21H,2-6,11,13H2,1H3;1H. The normalized spacial score (nSPS) is 10.6. The lowest BCUT2D eigenvalue weighted by Crippen LogP contribution is -2.14. The van der Waals surface area contributed by atoms with Crippen LogP contribution in [0.3, 0.4) is 0 Å². The van der Waals surface area contributed by atoms with E-state index in [0.29, 0.717) is 10.0 Å². The van der Waals surface area contributed by atoms with Gasteiger partial charge >= 0.3 is 0 Å². The van der Waals surface area contributed by atoms with Crippen molar-refractivity contribution in [2.45, 2.75) is 45.6 Å². The predicted molar refractivity (Wildman–Crippen MR) is 102 cm³/mol. The first-order valence-electron chi connectivity index (χ1n) is 7.95. The van der Waals surface area contributed by atoms with Crippen molar-refractivity contribution in [3.05, 3.63) is 46.1 Å². The summed E-state index contributed by atoms with van der Waals surface area (Å²) in [6, 6.07) is 9.31. The maximum absolute atomic E-state index is 6.19. The van der Waals surface area contributed by atoms with Gasteiger partial charge in [0.05, 0.1) is 11.6 Å². The van der Waals surface area contributed by atoms with Crippen LogP contribution in [-0.4, -0.2) is 6.54 Å². The van der Waals surface area contributed by atoms with E-state index in [4.69, 9.17) is 27.6 Å². The molecule has 1 aromatic carbocycles. The van der Waals surface area contributed by atoms with Gasteiger partial charge in [-0.1, -0.05) is 55.8 Å². The monoisotopic (exact) mass is 375 g/mol. The van der Waals surface area contributed by atoms with Crippen molar-refractivity contribution in [2.75, 3.05) is 6.54 Å². The minimum Gasteiger partial charge on any atom is -0.460 e. The van der Waals surface area contributed by atoms with E-state index in [1.807, 2.05) is 18.2 Å². The molecule has 0 saturated carbocycles. The molecule has 1 aromatic heterocycles. The molecule has 5 heteroatoms. The molecule has 2 rings (SSSR count). The van der Waals surface area contributed by atoms with Gasteiger partial charge in [0.2, 0.25) is 0 Å². The number of nitrogens with one attached hydrogen (secondary N) is 1. The topological polar surface area (TPSA) is 25.2 Å². The maximum atomic E-state index is 6.19. The van der Waals surface area contributed by atoms with Crippen molar-refractivity contribution in [3.8, 4) is 11.3 Å². The Kier molecular flexibility index (Phi) is 9.73. The Bertz CT molecular complexity index is 583. The van der Waals surface area contributed by atoms with Crippen molar-refractivity contribution in [1.29, 1.82) is 0 Å². The molecule has 0 aliphatic rings. The molecule has 0 unspecified atom stereocenters. The van der Waals surface area contributed by atoms with E-state index >= 15 is 0 Å². The van der Waals surface area contributed by atoms with Crippen LogP contribution in [-0.2, 0) is 6.54 Å². The second-order valence-corrected chi connectivity index (χ2v) is 6.32. The molecule has 0 atom stereocenters. The van der Waals surface area contributed by atoms with E-state index in [1.165, 1.54) is 32.1 Å². The molecule has 0 bridgehead atoms. The number of hydrogen-bond donors (Lipinski definition) is 1. The van der Waals surface area contributed by atoms with Crippen LogP contribution in [0.15, 0.2) is 34.7 Å². The van der Waals surface area contributed by atoms with E-state index in [9.17, 15) is 0 Å². The zero-order chi connectivity index (χ0) is 15.8. The third-order valence-corrected chi connectivity index (χ3v) is 4.18. The molecule has 0 amide bonds. The average molecular weight is 377 g/mol. The third-order valence-electron chi connectivity index (χ3n) is 3.61. The maximum Gasteiger partial charge on any atom is 0.135 e. The molecular formula is C18H24Cl3NO. The summed E-state index contributed by atoms with van der Waals surface area (Å²) in [4.78, 5) is 0. The molecule has 1 heterocycles. The van der Waals surface area contributed by atoms with Gasteiger partial charge in [0, 0.05) is 10.6 Å². The lowest BCUT2D eigenvalue weighted by Gasteiger charge is -2.03. The van der Waals surface area contributed by atoms with Crippen LogP contribution >= 0.6 is 35.6 Å². The Morgan fingerprint density at radius 1 is 1.00 bits per heavy atom. The molecule has 0 radical (unpaired) electrons. The highest BCUT2D eigenvalue weighted by Crippen LogP contribution is 2.31. The van der Waals surface area contributed by atoms with Crippen LogP contribution in [0.1, 0.15) is 44.8 Å². The van der Waals surface area contributed by atoms with Gasteiger partial charge in [-0.15, -0.1) is 12.4 Å². The molecule has 128 valence electrons. The Balaban J connectivity index is 0.00000264. The molecule has 0 fully saturated rings. The Morgan fingerprint density at radius 3 is 2.57 bits per heavy atom. The first-order valence-corrected chi connectivity index (χ1v) is 8.71. The first kappa shape index (κ1) is 20.4. The molecule has 0 aliphatic carbocycles. The van der Waals surface area contributed by atoms with Crippen molar-refractivity contribution in [3.63, 3.8) is 0 Å². The second kappa shape index (κ2) is 11.0. The highest BCUT2D eigenvalue weighted by molar-refractivity contribution is 6.35. The van der Waals surface area contributed by atoms with Gasteiger partial charge in [-0.25, -0.2) is 0 Å². The molecule has 23 heavy (non-hydrogen) atoms. The van der Waals surface area contributed by atoms with Gasteiger partial charge in [-0.2, -0.15) is 0 Å². The Hall–Kier alpha value is -0.670. The number of furan rings is 1. The number of benzene rings is 1. The summed E-state index contributed by atoms with van der Waals surface area (Å²) in [6.07, 6.45) is 6.46. The molecule has 2 aromatic rings. The van der Waals surface area contributed by atoms with Gasteiger partial charge in [-0.3, -0.25) is 0 Å². The van der Waals surface area contributed by atoms with Gasteiger partial charge in [-0.05, 0) is 43.3 Å². The van der Waals surface area contributed by atoms with Crippen LogP contribution in [0, 0.1) is 0 Å². The smallest absolute Gasteiger partial charge is 0.135 e. The first-order chi connectivity index (χ1) is 10.7.